The van der Waals surface area contributed by atoms with Gasteiger partial charge in [-0.1, -0.05) is 72.8 Å². The maximum absolute atomic E-state index is 13.5. The van der Waals surface area contributed by atoms with E-state index in [1.54, 1.807) is 13.2 Å². The lowest BCUT2D eigenvalue weighted by molar-refractivity contribution is -0.140. The van der Waals surface area contributed by atoms with Gasteiger partial charge in [0.05, 0.1) is 31.9 Å². The number of aliphatic hydroxyl groups excluding tert-OH is 1. The largest absolute Gasteiger partial charge is 0.507 e. The number of nitrogens with zero attached hydrogens (tertiary/aromatic N) is 1. The lowest BCUT2D eigenvalue weighted by Crippen LogP contribution is -2.29. The number of carbonyl (C=O) groups excluding carboxylic acids is 2. The zero-order valence-corrected chi connectivity index (χ0v) is 20.7. The highest BCUT2D eigenvalue weighted by Gasteiger charge is 2.46. The first-order valence-corrected chi connectivity index (χ1v) is 12.1. The number of ether oxygens (including phenoxy) is 2. The van der Waals surface area contributed by atoms with Crippen LogP contribution in [-0.4, -0.2) is 35.4 Å². The smallest absolute Gasteiger partial charge is 0.295 e. The fourth-order valence-electron chi connectivity index (χ4n) is 4.92. The van der Waals surface area contributed by atoms with Crippen LogP contribution in [0.15, 0.2) is 96.6 Å². The summed E-state index contributed by atoms with van der Waals surface area (Å²) in [6.45, 7) is 2.49. The van der Waals surface area contributed by atoms with Crippen molar-refractivity contribution in [3.05, 3.63) is 113 Å². The lowest BCUT2D eigenvalue weighted by Gasteiger charge is -2.26. The molecule has 37 heavy (non-hydrogen) atoms. The van der Waals surface area contributed by atoms with E-state index in [1.807, 2.05) is 91.9 Å². The highest BCUT2D eigenvalue weighted by molar-refractivity contribution is 6.46. The van der Waals surface area contributed by atoms with Crippen molar-refractivity contribution in [2.45, 2.75) is 19.5 Å². The number of rotatable bonds is 7. The van der Waals surface area contributed by atoms with Crippen molar-refractivity contribution in [1.29, 1.82) is 0 Å². The van der Waals surface area contributed by atoms with E-state index in [4.69, 9.17) is 9.47 Å². The average Bonchev–Trinajstić information content (AvgIpc) is 3.18. The molecule has 0 aromatic heterocycles. The van der Waals surface area contributed by atoms with Crippen LogP contribution in [0.25, 0.3) is 16.5 Å². The van der Waals surface area contributed by atoms with Crippen molar-refractivity contribution in [1.82, 2.24) is 4.90 Å². The number of fused-ring (bicyclic) bond motifs is 1. The predicted molar refractivity (Wildman–Crippen MR) is 142 cm³/mol. The maximum Gasteiger partial charge on any atom is 0.295 e. The van der Waals surface area contributed by atoms with Crippen molar-refractivity contribution in [3.8, 4) is 11.5 Å². The Hall–Kier alpha value is -4.58. The molecule has 0 radical (unpaired) electrons. The molecule has 1 aliphatic rings. The van der Waals surface area contributed by atoms with Gasteiger partial charge in [0.15, 0.2) is 0 Å². The van der Waals surface area contributed by atoms with Crippen molar-refractivity contribution < 1.29 is 24.2 Å². The van der Waals surface area contributed by atoms with Gasteiger partial charge in [0.2, 0.25) is 0 Å². The number of aliphatic hydroxyl groups is 1. The molecule has 6 nitrogen and oxygen atoms in total. The van der Waals surface area contributed by atoms with E-state index >= 15 is 0 Å². The number of amides is 1. The summed E-state index contributed by atoms with van der Waals surface area (Å²) in [5, 5.41) is 13.3. The fourth-order valence-corrected chi connectivity index (χ4v) is 4.92. The minimum Gasteiger partial charge on any atom is -0.507 e. The molecule has 186 valence electrons. The summed E-state index contributed by atoms with van der Waals surface area (Å²) in [5.41, 5.74) is 1.97. The quantitative estimate of drug-likeness (QED) is 0.198. The molecule has 6 heteroatoms. The van der Waals surface area contributed by atoms with Crippen LogP contribution in [0.4, 0.5) is 0 Å². The van der Waals surface area contributed by atoms with Crippen molar-refractivity contribution in [2.75, 3.05) is 13.7 Å². The predicted octanol–water partition coefficient (Wildman–Crippen LogP) is 5.87. The molecule has 1 fully saturated rings. The molecule has 1 amide bonds. The van der Waals surface area contributed by atoms with Gasteiger partial charge >= 0.3 is 0 Å². The van der Waals surface area contributed by atoms with E-state index in [2.05, 4.69) is 0 Å². The van der Waals surface area contributed by atoms with Crippen LogP contribution in [-0.2, 0) is 16.1 Å². The number of hydrogen-bond donors (Lipinski definition) is 1. The van der Waals surface area contributed by atoms with E-state index in [9.17, 15) is 14.7 Å². The van der Waals surface area contributed by atoms with Crippen LogP contribution < -0.4 is 9.47 Å². The number of para-hydroxylation sites is 1. The normalized spacial score (nSPS) is 16.8. The lowest BCUT2D eigenvalue weighted by atomic mass is 9.93. The Bertz CT molecular complexity index is 1520. The van der Waals surface area contributed by atoms with E-state index < -0.39 is 17.7 Å². The summed E-state index contributed by atoms with van der Waals surface area (Å²) in [7, 11) is 1.57. The average molecular weight is 494 g/mol. The summed E-state index contributed by atoms with van der Waals surface area (Å²) in [4.78, 5) is 28.5. The van der Waals surface area contributed by atoms with Gasteiger partial charge in [-0.15, -0.1) is 0 Å². The molecule has 0 saturated carbocycles. The minimum absolute atomic E-state index is 0.0462. The Labute approximate surface area is 215 Å². The third kappa shape index (κ3) is 4.42. The first kappa shape index (κ1) is 24.1. The molecule has 1 saturated heterocycles. The Morgan fingerprint density at radius 3 is 2.46 bits per heavy atom. The van der Waals surface area contributed by atoms with Crippen LogP contribution in [0.5, 0.6) is 11.5 Å². The third-order valence-electron chi connectivity index (χ3n) is 6.60. The number of methoxy groups -OCH3 is 1. The molecule has 0 spiro atoms. The summed E-state index contributed by atoms with van der Waals surface area (Å²) in [5.74, 6) is -0.385. The van der Waals surface area contributed by atoms with E-state index in [-0.39, 0.29) is 17.9 Å². The van der Waals surface area contributed by atoms with Crippen molar-refractivity contribution >= 4 is 28.2 Å². The number of Topliss-reactive ketones (excluding diaryl/α,β-unsaturated/α-hetero) is 1. The Kier molecular flexibility index (Phi) is 6.64. The van der Waals surface area contributed by atoms with Gasteiger partial charge in [0.25, 0.3) is 11.7 Å². The summed E-state index contributed by atoms with van der Waals surface area (Å²) < 4.78 is 11.2. The Morgan fingerprint density at radius 2 is 1.65 bits per heavy atom. The zero-order valence-electron chi connectivity index (χ0n) is 20.7. The molecule has 1 unspecified atom stereocenters. The topological polar surface area (TPSA) is 76.1 Å². The van der Waals surface area contributed by atoms with Gasteiger partial charge in [0.1, 0.15) is 17.3 Å². The number of benzene rings is 4. The van der Waals surface area contributed by atoms with Crippen molar-refractivity contribution in [3.63, 3.8) is 0 Å². The van der Waals surface area contributed by atoms with E-state index in [0.717, 1.165) is 16.3 Å². The van der Waals surface area contributed by atoms with Gasteiger partial charge in [0, 0.05) is 11.1 Å². The van der Waals surface area contributed by atoms with Gasteiger partial charge in [-0.2, -0.15) is 0 Å². The second kappa shape index (κ2) is 10.2. The number of ketones is 1. The van der Waals surface area contributed by atoms with E-state index in [0.29, 0.717) is 29.2 Å². The molecule has 5 rings (SSSR count). The standard InChI is InChI=1S/C31H27NO5/c1-3-37-23-14-8-13-21(18-23)28-27(29(33)25-16-9-12-20-10-4-6-15-24(20)25)30(34)31(35)32(28)19-22-11-5-7-17-26(22)36-2/h4-18,28,33H,3,19H2,1-2H3/b29-27-. The second-order valence-electron chi connectivity index (χ2n) is 8.77. The monoisotopic (exact) mass is 493 g/mol. The van der Waals surface area contributed by atoms with Crippen LogP contribution >= 0.6 is 0 Å². The Morgan fingerprint density at radius 1 is 0.919 bits per heavy atom. The molecule has 1 N–H and O–H groups in total. The second-order valence-corrected chi connectivity index (χ2v) is 8.77. The summed E-state index contributed by atoms with van der Waals surface area (Å²) in [6, 6.07) is 27.0. The highest BCUT2D eigenvalue weighted by atomic mass is 16.5. The van der Waals surface area contributed by atoms with Gasteiger partial charge in [-0.25, -0.2) is 0 Å². The van der Waals surface area contributed by atoms with Crippen LogP contribution in [0.1, 0.15) is 29.7 Å². The zero-order chi connectivity index (χ0) is 25.9. The first-order valence-electron chi connectivity index (χ1n) is 12.1. The molecular weight excluding hydrogens is 466 g/mol. The summed E-state index contributed by atoms with van der Waals surface area (Å²) in [6.07, 6.45) is 0. The third-order valence-corrected chi connectivity index (χ3v) is 6.60. The Balaban J connectivity index is 1.71. The minimum atomic E-state index is -0.815. The van der Waals surface area contributed by atoms with Crippen molar-refractivity contribution in [2.24, 2.45) is 0 Å². The van der Waals surface area contributed by atoms with Crippen LogP contribution in [0, 0.1) is 0 Å². The SMILES string of the molecule is CCOc1cccc(C2/C(=C(/O)c3cccc4ccccc34)C(=O)C(=O)N2Cc2ccccc2OC)c1. The van der Waals surface area contributed by atoms with E-state index in [1.165, 1.54) is 4.90 Å². The van der Waals surface area contributed by atoms with Gasteiger partial charge in [-0.05, 0) is 41.5 Å². The molecule has 4 aromatic carbocycles. The van der Waals surface area contributed by atoms with Gasteiger partial charge < -0.3 is 19.5 Å². The van der Waals surface area contributed by atoms with Gasteiger partial charge in [-0.3, -0.25) is 9.59 Å². The number of likely N-dealkylation sites (tertiary alicyclic amines) is 1. The number of hydrogen-bond acceptors (Lipinski definition) is 5. The summed E-state index contributed by atoms with van der Waals surface area (Å²) >= 11 is 0. The first-order chi connectivity index (χ1) is 18.0. The maximum atomic E-state index is 13.5. The molecule has 1 heterocycles. The van der Waals surface area contributed by atoms with Crippen LogP contribution in [0.2, 0.25) is 0 Å². The molecule has 0 aliphatic carbocycles. The van der Waals surface area contributed by atoms with Crippen LogP contribution in [0.3, 0.4) is 0 Å². The highest BCUT2D eigenvalue weighted by Crippen LogP contribution is 2.42. The molecule has 4 aromatic rings. The molecular formula is C31H27NO5. The molecule has 1 aliphatic heterocycles. The molecule has 1 atom stereocenters. The molecule has 0 bridgehead atoms. The fraction of sp³-hybridized carbons (Fsp3) is 0.161. The number of carbonyl (C=O) groups is 2.